The van der Waals surface area contributed by atoms with Gasteiger partial charge in [0, 0.05) is 19.5 Å². The molecular weight excluding hydrogens is 286 g/mol. The molecule has 0 aliphatic rings. The molecule has 0 radical (unpaired) electrons. The number of rotatable bonds is 6. The Bertz CT molecular complexity index is 733. The number of nitrogens with zero attached hydrogens (tertiary/aromatic N) is 2. The lowest BCUT2D eigenvalue weighted by atomic mass is 10.1. The number of nitrogens with one attached hydrogen (secondary N) is 1. The number of aryl methyl sites for hydroxylation is 1. The maximum atomic E-state index is 11.4. The maximum Gasteiger partial charge on any atom is 0.211 e. The first-order chi connectivity index (χ1) is 9.84. The second-order valence-corrected chi connectivity index (χ2v) is 7.65. The topological polar surface area (TPSA) is 64.0 Å². The van der Waals surface area contributed by atoms with E-state index in [1.54, 1.807) is 6.92 Å². The van der Waals surface area contributed by atoms with E-state index in [0.29, 0.717) is 18.9 Å². The summed E-state index contributed by atoms with van der Waals surface area (Å²) in [7, 11) is -1.09. The number of hydrogen-bond donors (Lipinski definition) is 1. The SMILES string of the molecule is CCS(=O)(=O)NCCc1ccc2c(c1)nc(C(C)C)n2C. The molecule has 0 spiro atoms. The van der Waals surface area contributed by atoms with Crippen molar-refractivity contribution in [3.8, 4) is 0 Å². The van der Waals surface area contributed by atoms with Gasteiger partial charge >= 0.3 is 0 Å². The van der Waals surface area contributed by atoms with Gasteiger partial charge in [-0.05, 0) is 31.0 Å². The van der Waals surface area contributed by atoms with E-state index in [1.165, 1.54) is 0 Å². The molecule has 5 nitrogen and oxygen atoms in total. The summed E-state index contributed by atoms with van der Waals surface area (Å²) < 4.78 is 27.5. The van der Waals surface area contributed by atoms with Crippen LogP contribution in [0.2, 0.25) is 0 Å². The van der Waals surface area contributed by atoms with Gasteiger partial charge < -0.3 is 4.57 Å². The summed E-state index contributed by atoms with van der Waals surface area (Å²) in [6, 6.07) is 6.13. The molecule has 1 aromatic carbocycles. The fraction of sp³-hybridized carbons (Fsp3) is 0.533. The molecule has 1 heterocycles. The Morgan fingerprint density at radius 1 is 1.33 bits per heavy atom. The van der Waals surface area contributed by atoms with Crippen LogP contribution in [0.15, 0.2) is 18.2 Å². The third-order valence-corrected chi connectivity index (χ3v) is 5.02. The standard InChI is InChI=1S/C15H23N3O2S/c1-5-21(19,20)16-9-8-12-6-7-14-13(10-12)17-15(11(2)3)18(14)4/h6-7,10-11,16H,5,8-9H2,1-4H3. The van der Waals surface area contributed by atoms with Crippen molar-refractivity contribution in [2.45, 2.75) is 33.1 Å². The van der Waals surface area contributed by atoms with Gasteiger partial charge in [-0.25, -0.2) is 18.1 Å². The summed E-state index contributed by atoms with van der Waals surface area (Å²) in [5, 5.41) is 0. The lowest BCUT2D eigenvalue weighted by molar-refractivity contribution is 0.583. The molecule has 21 heavy (non-hydrogen) atoms. The van der Waals surface area contributed by atoms with Crippen LogP contribution in [-0.4, -0.2) is 30.3 Å². The second kappa shape index (κ2) is 6.15. The lowest BCUT2D eigenvalue weighted by Crippen LogP contribution is -2.27. The number of fused-ring (bicyclic) bond motifs is 1. The van der Waals surface area contributed by atoms with Crippen molar-refractivity contribution in [1.29, 1.82) is 0 Å². The first-order valence-electron chi connectivity index (χ1n) is 7.26. The van der Waals surface area contributed by atoms with Crippen molar-refractivity contribution in [3.63, 3.8) is 0 Å². The molecule has 0 aliphatic carbocycles. The van der Waals surface area contributed by atoms with Crippen molar-refractivity contribution in [2.75, 3.05) is 12.3 Å². The molecule has 2 rings (SSSR count). The van der Waals surface area contributed by atoms with Gasteiger partial charge in [0.15, 0.2) is 0 Å². The van der Waals surface area contributed by atoms with Crippen molar-refractivity contribution in [3.05, 3.63) is 29.6 Å². The zero-order valence-corrected chi connectivity index (χ0v) is 13.9. The van der Waals surface area contributed by atoms with Crippen LogP contribution in [0.1, 0.15) is 38.1 Å². The van der Waals surface area contributed by atoms with Gasteiger partial charge in [-0.2, -0.15) is 0 Å². The van der Waals surface area contributed by atoms with Crippen molar-refractivity contribution in [2.24, 2.45) is 7.05 Å². The highest BCUT2D eigenvalue weighted by molar-refractivity contribution is 7.89. The Morgan fingerprint density at radius 2 is 2.05 bits per heavy atom. The predicted octanol–water partition coefficient (Wildman–Crippen LogP) is 2.18. The highest BCUT2D eigenvalue weighted by atomic mass is 32.2. The first-order valence-corrected chi connectivity index (χ1v) is 8.92. The van der Waals surface area contributed by atoms with Gasteiger partial charge in [-0.3, -0.25) is 0 Å². The van der Waals surface area contributed by atoms with Gasteiger partial charge in [0.1, 0.15) is 5.82 Å². The van der Waals surface area contributed by atoms with Crippen LogP contribution >= 0.6 is 0 Å². The van der Waals surface area contributed by atoms with Crippen LogP contribution in [0, 0.1) is 0 Å². The molecule has 0 saturated heterocycles. The van der Waals surface area contributed by atoms with E-state index in [4.69, 9.17) is 0 Å². The summed E-state index contributed by atoms with van der Waals surface area (Å²) in [6.07, 6.45) is 0.669. The lowest BCUT2D eigenvalue weighted by Gasteiger charge is -2.05. The van der Waals surface area contributed by atoms with Gasteiger partial charge in [-0.15, -0.1) is 0 Å². The van der Waals surface area contributed by atoms with Crippen molar-refractivity contribution >= 4 is 21.1 Å². The van der Waals surface area contributed by atoms with Gasteiger partial charge in [0.05, 0.1) is 16.8 Å². The van der Waals surface area contributed by atoms with Crippen LogP contribution in [0.5, 0.6) is 0 Å². The second-order valence-electron chi connectivity index (χ2n) is 5.55. The smallest absolute Gasteiger partial charge is 0.211 e. The molecule has 6 heteroatoms. The van der Waals surface area contributed by atoms with Crippen LogP contribution in [0.25, 0.3) is 11.0 Å². The first kappa shape index (κ1) is 16.0. The third kappa shape index (κ3) is 3.63. The Hall–Kier alpha value is -1.40. The van der Waals surface area contributed by atoms with E-state index >= 15 is 0 Å². The van der Waals surface area contributed by atoms with Gasteiger partial charge in [0.2, 0.25) is 10.0 Å². The van der Waals surface area contributed by atoms with E-state index in [9.17, 15) is 8.42 Å². The van der Waals surface area contributed by atoms with Crippen LogP contribution in [0.4, 0.5) is 0 Å². The zero-order chi connectivity index (χ0) is 15.6. The van der Waals surface area contributed by atoms with E-state index in [-0.39, 0.29) is 5.75 Å². The largest absolute Gasteiger partial charge is 0.331 e. The fourth-order valence-electron chi connectivity index (χ4n) is 2.39. The summed E-state index contributed by atoms with van der Waals surface area (Å²) in [4.78, 5) is 4.67. The molecule has 1 N–H and O–H groups in total. The predicted molar refractivity (Wildman–Crippen MR) is 86.0 cm³/mol. The molecule has 0 fully saturated rings. The molecule has 0 aliphatic heterocycles. The number of benzene rings is 1. The van der Waals surface area contributed by atoms with Gasteiger partial charge in [-0.1, -0.05) is 19.9 Å². The minimum absolute atomic E-state index is 0.115. The zero-order valence-electron chi connectivity index (χ0n) is 13.0. The molecule has 0 atom stereocenters. The molecule has 2 aromatic rings. The van der Waals surface area contributed by atoms with Crippen molar-refractivity contribution in [1.82, 2.24) is 14.3 Å². The van der Waals surface area contributed by atoms with Crippen LogP contribution in [0.3, 0.4) is 0 Å². The Morgan fingerprint density at radius 3 is 2.67 bits per heavy atom. The van der Waals surface area contributed by atoms with Crippen molar-refractivity contribution < 1.29 is 8.42 Å². The summed E-state index contributed by atoms with van der Waals surface area (Å²) in [5.41, 5.74) is 3.17. The van der Waals surface area contributed by atoms with E-state index in [0.717, 1.165) is 22.4 Å². The molecular formula is C15H23N3O2S. The number of aromatic nitrogens is 2. The molecule has 0 unspecified atom stereocenters. The Labute approximate surface area is 126 Å². The van der Waals surface area contributed by atoms with E-state index < -0.39 is 10.0 Å². The van der Waals surface area contributed by atoms with E-state index in [1.807, 2.05) is 19.2 Å². The average molecular weight is 309 g/mol. The number of hydrogen-bond acceptors (Lipinski definition) is 3. The van der Waals surface area contributed by atoms with Gasteiger partial charge in [0.25, 0.3) is 0 Å². The average Bonchev–Trinajstić information content (AvgIpc) is 2.76. The molecule has 0 bridgehead atoms. The number of sulfonamides is 1. The molecule has 1 aromatic heterocycles. The summed E-state index contributed by atoms with van der Waals surface area (Å²) >= 11 is 0. The Balaban J connectivity index is 2.16. The normalized spacial score (nSPS) is 12.4. The third-order valence-electron chi connectivity index (χ3n) is 3.61. The van der Waals surface area contributed by atoms with Crippen LogP contribution in [-0.2, 0) is 23.5 Å². The summed E-state index contributed by atoms with van der Waals surface area (Å²) in [5.74, 6) is 1.56. The van der Waals surface area contributed by atoms with Crippen LogP contribution < -0.4 is 4.72 Å². The minimum Gasteiger partial charge on any atom is -0.331 e. The van der Waals surface area contributed by atoms with E-state index in [2.05, 4.69) is 34.2 Å². The molecule has 0 saturated carbocycles. The Kier molecular flexibility index (Phi) is 4.68. The quantitative estimate of drug-likeness (QED) is 0.889. The summed E-state index contributed by atoms with van der Waals surface area (Å²) in [6.45, 7) is 6.31. The molecule has 116 valence electrons. The highest BCUT2D eigenvalue weighted by Gasteiger charge is 2.11. The number of imidazole rings is 1. The monoisotopic (exact) mass is 309 g/mol. The highest BCUT2D eigenvalue weighted by Crippen LogP contribution is 2.21. The fourth-order valence-corrected chi connectivity index (χ4v) is 3.01. The maximum absolute atomic E-state index is 11.4. The molecule has 0 amide bonds. The minimum atomic E-state index is -3.12.